The third kappa shape index (κ3) is 7.21. The Labute approximate surface area is 192 Å². The zero-order valence-corrected chi connectivity index (χ0v) is 19.0. The van der Waals surface area contributed by atoms with Crippen molar-refractivity contribution < 1.29 is 18.0 Å². The highest BCUT2D eigenvalue weighted by atomic mass is 35.5. The minimum atomic E-state index is -3.72. The Balaban J connectivity index is 1.58. The van der Waals surface area contributed by atoms with Crippen LogP contribution in [-0.4, -0.2) is 26.0 Å². The van der Waals surface area contributed by atoms with Gasteiger partial charge in [-0.3, -0.25) is 9.59 Å². The highest BCUT2D eigenvalue weighted by Gasteiger charge is 2.18. The second-order valence-electron chi connectivity index (χ2n) is 7.46. The summed E-state index contributed by atoms with van der Waals surface area (Å²) in [5.74, 6) is -1.91. The number of hydrogen-bond acceptors (Lipinski definition) is 4. The Hall–Kier alpha value is -3.16. The first-order valence-corrected chi connectivity index (χ1v) is 12.1. The minimum absolute atomic E-state index is 0.317. The fourth-order valence-electron chi connectivity index (χ4n) is 3.03. The van der Waals surface area contributed by atoms with Gasteiger partial charge < -0.3 is 10.6 Å². The maximum absolute atomic E-state index is 12.5. The molecule has 2 N–H and O–H groups in total. The summed E-state index contributed by atoms with van der Waals surface area (Å²) in [7, 11) is -3.72. The topological polar surface area (TPSA) is 92.3 Å². The molecule has 0 saturated heterocycles. The lowest BCUT2D eigenvalue weighted by Crippen LogP contribution is -2.24. The lowest BCUT2D eigenvalue weighted by atomic mass is 10.1. The van der Waals surface area contributed by atoms with Gasteiger partial charge in [0.2, 0.25) is 5.91 Å². The molecule has 0 bridgehead atoms. The Kier molecular flexibility index (Phi) is 7.66. The molecule has 166 valence electrons. The Morgan fingerprint density at radius 2 is 1.59 bits per heavy atom. The first kappa shape index (κ1) is 23.5. The van der Waals surface area contributed by atoms with Crippen molar-refractivity contribution in [3.63, 3.8) is 0 Å². The number of sulfone groups is 1. The second kappa shape index (κ2) is 10.4. The lowest BCUT2D eigenvalue weighted by Gasteiger charge is -2.09. The van der Waals surface area contributed by atoms with Crippen LogP contribution in [0.1, 0.15) is 27.0 Å². The highest BCUT2D eigenvalue weighted by molar-refractivity contribution is 7.91. The summed E-state index contributed by atoms with van der Waals surface area (Å²) in [6.45, 7) is 2.24. The smallest absolute Gasteiger partial charge is 0.251 e. The van der Waals surface area contributed by atoms with E-state index in [2.05, 4.69) is 10.6 Å². The number of nitrogens with one attached hydrogen (secondary N) is 2. The summed E-state index contributed by atoms with van der Waals surface area (Å²) in [6.07, 6.45) is 0. The monoisotopic (exact) mass is 470 g/mol. The number of carbonyl (C=O) groups is 2. The van der Waals surface area contributed by atoms with Crippen molar-refractivity contribution in [2.24, 2.45) is 0 Å². The molecule has 0 saturated carbocycles. The van der Waals surface area contributed by atoms with Gasteiger partial charge in [0, 0.05) is 22.8 Å². The number of benzene rings is 3. The van der Waals surface area contributed by atoms with E-state index in [1.54, 1.807) is 42.5 Å². The maximum Gasteiger partial charge on any atom is 0.251 e. The van der Waals surface area contributed by atoms with Gasteiger partial charge in [0.1, 0.15) is 5.75 Å². The van der Waals surface area contributed by atoms with Gasteiger partial charge in [-0.05, 0) is 54.4 Å². The molecule has 0 fully saturated rings. The van der Waals surface area contributed by atoms with Crippen LogP contribution in [0.15, 0.2) is 72.8 Å². The number of halogens is 1. The predicted octanol–water partition coefficient (Wildman–Crippen LogP) is 4.13. The lowest BCUT2D eigenvalue weighted by molar-refractivity contribution is -0.113. The number of carbonyl (C=O) groups excluding carboxylic acids is 2. The van der Waals surface area contributed by atoms with Crippen LogP contribution >= 0.6 is 11.6 Å². The van der Waals surface area contributed by atoms with E-state index in [0.717, 1.165) is 11.1 Å². The quantitative estimate of drug-likeness (QED) is 0.517. The van der Waals surface area contributed by atoms with Crippen molar-refractivity contribution in [1.82, 2.24) is 5.32 Å². The van der Waals surface area contributed by atoms with Crippen LogP contribution in [0.5, 0.6) is 0 Å². The molecular formula is C24H23ClN2O4S. The van der Waals surface area contributed by atoms with Gasteiger partial charge in [0.05, 0.1) is 5.75 Å². The summed E-state index contributed by atoms with van der Waals surface area (Å²) >= 11 is 5.86. The minimum Gasteiger partial charge on any atom is -0.348 e. The van der Waals surface area contributed by atoms with E-state index in [-0.39, 0.29) is 11.7 Å². The number of hydrogen-bond donors (Lipinski definition) is 2. The van der Waals surface area contributed by atoms with Crippen LogP contribution in [0.25, 0.3) is 0 Å². The molecule has 3 rings (SSSR count). The van der Waals surface area contributed by atoms with Crippen LogP contribution < -0.4 is 10.6 Å². The van der Waals surface area contributed by atoms with Gasteiger partial charge in [0.15, 0.2) is 9.84 Å². The van der Waals surface area contributed by atoms with E-state index in [9.17, 15) is 18.0 Å². The van der Waals surface area contributed by atoms with Crippen LogP contribution in [-0.2, 0) is 26.9 Å². The molecule has 3 aromatic rings. The van der Waals surface area contributed by atoms with E-state index in [1.807, 2.05) is 31.2 Å². The summed E-state index contributed by atoms with van der Waals surface area (Å²) < 4.78 is 25.0. The van der Waals surface area contributed by atoms with Crippen molar-refractivity contribution in [1.29, 1.82) is 0 Å². The summed E-state index contributed by atoms with van der Waals surface area (Å²) in [5, 5.41) is 5.99. The number of anilines is 1. The van der Waals surface area contributed by atoms with Crippen molar-refractivity contribution in [3.05, 3.63) is 100 Å². The van der Waals surface area contributed by atoms with Gasteiger partial charge in [0.25, 0.3) is 5.91 Å². The van der Waals surface area contributed by atoms with Crippen molar-refractivity contribution in [2.45, 2.75) is 19.2 Å². The maximum atomic E-state index is 12.5. The molecule has 0 aliphatic rings. The predicted molar refractivity (Wildman–Crippen MR) is 126 cm³/mol. The molecule has 8 heteroatoms. The third-order valence-electron chi connectivity index (χ3n) is 4.63. The fourth-order valence-corrected chi connectivity index (χ4v) is 4.41. The van der Waals surface area contributed by atoms with Gasteiger partial charge >= 0.3 is 0 Å². The molecular weight excluding hydrogens is 448 g/mol. The molecule has 0 radical (unpaired) electrons. The Morgan fingerprint density at radius 3 is 2.28 bits per heavy atom. The first-order chi connectivity index (χ1) is 15.2. The Morgan fingerprint density at radius 1 is 0.906 bits per heavy atom. The molecule has 0 heterocycles. The van der Waals surface area contributed by atoms with Crippen LogP contribution in [0.4, 0.5) is 5.69 Å². The third-order valence-corrected chi connectivity index (χ3v) is 6.36. The molecule has 32 heavy (non-hydrogen) atoms. The van der Waals surface area contributed by atoms with Gasteiger partial charge in [-0.15, -0.1) is 0 Å². The van der Waals surface area contributed by atoms with E-state index in [1.165, 1.54) is 6.07 Å². The molecule has 2 amide bonds. The van der Waals surface area contributed by atoms with Gasteiger partial charge in [-0.25, -0.2) is 8.42 Å². The van der Waals surface area contributed by atoms with E-state index in [4.69, 9.17) is 11.6 Å². The first-order valence-electron chi connectivity index (χ1n) is 9.89. The van der Waals surface area contributed by atoms with Crippen molar-refractivity contribution in [2.75, 3.05) is 11.1 Å². The Bertz CT molecular complexity index is 1210. The zero-order valence-electron chi connectivity index (χ0n) is 17.5. The standard InChI is InChI=1S/C24H23ClN2O4S/c1-17-5-11-22(12-6-17)27-23(28)16-32(30,31)15-19-3-2-4-20(13-19)24(29)26-14-18-7-9-21(25)10-8-18/h2-13H,14-16H2,1H3,(H,26,29)(H,27,28). The van der Waals surface area contributed by atoms with E-state index < -0.39 is 21.5 Å². The van der Waals surface area contributed by atoms with Gasteiger partial charge in [-0.2, -0.15) is 0 Å². The largest absolute Gasteiger partial charge is 0.348 e. The fraction of sp³-hybridized carbons (Fsp3) is 0.167. The normalized spacial score (nSPS) is 11.1. The summed E-state index contributed by atoms with van der Waals surface area (Å²) in [4.78, 5) is 24.6. The van der Waals surface area contributed by atoms with Crippen LogP contribution in [0, 0.1) is 6.92 Å². The molecule has 6 nitrogen and oxygen atoms in total. The molecule has 0 aliphatic heterocycles. The SMILES string of the molecule is Cc1ccc(NC(=O)CS(=O)(=O)Cc2cccc(C(=O)NCc3ccc(Cl)cc3)c2)cc1. The van der Waals surface area contributed by atoms with E-state index in [0.29, 0.717) is 28.4 Å². The molecule has 0 unspecified atom stereocenters. The van der Waals surface area contributed by atoms with Crippen molar-refractivity contribution in [3.8, 4) is 0 Å². The average Bonchev–Trinajstić information content (AvgIpc) is 2.74. The number of aryl methyl sites for hydroxylation is 1. The number of amides is 2. The molecule has 0 aliphatic carbocycles. The summed E-state index contributed by atoms with van der Waals surface area (Å²) in [5.41, 5.74) is 3.24. The van der Waals surface area contributed by atoms with Crippen LogP contribution in [0.3, 0.4) is 0 Å². The highest BCUT2D eigenvalue weighted by Crippen LogP contribution is 2.13. The van der Waals surface area contributed by atoms with Gasteiger partial charge in [-0.1, -0.05) is 53.6 Å². The molecule has 3 aromatic carbocycles. The molecule has 0 aromatic heterocycles. The molecule has 0 atom stereocenters. The number of rotatable bonds is 8. The second-order valence-corrected chi connectivity index (χ2v) is 9.96. The average molecular weight is 471 g/mol. The summed E-state index contributed by atoms with van der Waals surface area (Å²) in [6, 6.07) is 20.6. The zero-order chi connectivity index (χ0) is 23.1. The van der Waals surface area contributed by atoms with E-state index >= 15 is 0 Å². The molecule has 0 spiro atoms. The van der Waals surface area contributed by atoms with Crippen LogP contribution in [0.2, 0.25) is 5.02 Å². The van der Waals surface area contributed by atoms with Crippen molar-refractivity contribution >= 4 is 38.9 Å².